The molecule has 320 valence electrons. The summed E-state index contributed by atoms with van der Waals surface area (Å²) in [7, 11) is 0. The van der Waals surface area contributed by atoms with Crippen molar-refractivity contribution in [2.45, 2.75) is 9.79 Å². The third kappa shape index (κ3) is 5.20. The van der Waals surface area contributed by atoms with E-state index in [1.54, 1.807) is 0 Å². The van der Waals surface area contributed by atoms with Gasteiger partial charge in [-0.15, -0.1) is 0 Å². The highest BCUT2D eigenvalue weighted by molar-refractivity contribution is 7.99. The van der Waals surface area contributed by atoms with E-state index in [2.05, 4.69) is 227 Å². The molecule has 16 rings (SSSR count). The van der Waals surface area contributed by atoms with Crippen molar-refractivity contribution in [3.05, 3.63) is 212 Å². The van der Waals surface area contributed by atoms with Crippen LogP contribution >= 0.6 is 11.8 Å². The molecule has 0 aliphatic carbocycles. The van der Waals surface area contributed by atoms with E-state index >= 15 is 0 Å². The average molecular weight is 900 g/mol. The second-order valence-electron chi connectivity index (χ2n) is 18.3. The predicted molar refractivity (Wildman–Crippen MR) is 284 cm³/mol. The lowest BCUT2D eigenvalue weighted by molar-refractivity contribution is 0.466. The molecular formula is C60H35B2N3O3S. The topological polar surface area (TPSA) is 41.3 Å². The molecule has 5 aliphatic rings. The number of rotatable bonds is 6. The van der Waals surface area contributed by atoms with Crippen LogP contribution in [0.4, 0.5) is 51.2 Å². The summed E-state index contributed by atoms with van der Waals surface area (Å²) < 4.78 is 21.5. The number of benzene rings is 10. The van der Waals surface area contributed by atoms with Gasteiger partial charge in [-0.1, -0.05) is 127 Å². The maximum Gasteiger partial charge on any atom is 0.257 e. The molecule has 0 unspecified atom stereocenters. The van der Waals surface area contributed by atoms with Gasteiger partial charge in [-0.2, -0.15) is 0 Å². The fourth-order valence-corrected chi connectivity index (χ4v) is 13.1. The molecular weight excluding hydrogens is 864 g/mol. The second kappa shape index (κ2) is 14.0. The average Bonchev–Trinajstić information content (AvgIpc) is 3.78. The molecule has 0 saturated carbocycles. The van der Waals surface area contributed by atoms with E-state index < -0.39 is 0 Å². The number of furan rings is 1. The van der Waals surface area contributed by atoms with Crippen molar-refractivity contribution in [2.75, 3.05) is 14.7 Å². The Kier molecular flexibility index (Phi) is 7.63. The largest absolute Gasteiger partial charge is 0.458 e. The summed E-state index contributed by atoms with van der Waals surface area (Å²) in [6, 6.07) is 75.6. The third-order valence-electron chi connectivity index (χ3n) is 14.7. The van der Waals surface area contributed by atoms with Crippen LogP contribution in [0.5, 0.6) is 23.0 Å². The molecule has 0 amide bonds. The van der Waals surface area contributed by atoms with Crippen LogP contribution in [0.3, 0.4) is 0 Å². The predicted octanol–water partition coefficient (Wildman–Crippen LogP) is 12.3. The van der Waals surface area contributed by atoms with Gasteiger partial charge in [-0.05, 0) is 112 Å². The summed E-state index contributed by atoms with van der Waals surface area (Å²) in [5.41, 5.74) is 18.8. The minimum absolute atomic E-state index is 0.0805. The van der Waals surface area contributed by atoms with Gasteiger partial charge in [-0.3, -0.25) is 0 Å². The van der Waals surface area contributed by atoms with Gasteiger partial charge in [0.1, 0.15) is 34.2 Å². The quantitative estimate of drug-likeness (QED) is 0.154. The number of anilines is 9. The van der Waals surface area contributed by atoms with Gasteiger partial charge in [0, 0.05) is 78.6 Å². The Bertz CT molecular complexity index is 3900. The molecule has 6 nitrogen and oxygen atoms in total. The van der Waals surface area contributed by atoms with Gasteiger partial charge in [0.15, 0.2) is 0 Å². The summed E-state index contributed by atoms with van der Waals surface area (Å²) in [5.74, 6) is 3.27. The smallest absolute Gasteiger partial charge is 0.257 e. The minimum Gasteiger partial charge on any atom is -0.458 e. The summed E-state index contributed by atoms with van der Waals surface area (Å²) in [6.07, 6.45) is 0. The number of nitrogens with zero attached hydrogens (tertiary/aromatic N) is 3. The lowest BCUT2D eigenvalue weighted by Gasteiger charge is -2.49. The van der Waals surface area contributed by atoms with Crippen molar-refractivity contribution < 1.29 is 13.9 Å². The van der Waals surface area contributed by atoms with Crippen LogP contribution in [0.25, 0.3) is 21.9 Å². The Hall–Kier alpha value is -8.52. The van der Waals surface area contributed by atoms with Crippen LogP contribution in [0.15, 0.2) is 227 Å². The van der Waals surface area contributed by atoms with E-state index in [0.717, 1.165) is 101 Å². The fourth-order valence-electron chi connectivity index (χ4n) is 12.0. The summed E-state index contributed by atoms with van der Waals surface area (Å²) in [6.45, 7) is -0.250. The molecule has 1 aromatic heterocycles. The first-order valence-electron chi connectivity index (χ1n) is 23.5. The van der Waals surface area contributed by atoms with Crippen molar-refractivity contribution in [2.24, 2.45) is 0 Å². The molecule has 9 heteroatoms. The van der Waals surface area contributed by atoms with Crippen LogP contribution in [-0.2, 0) is 0 Å². The van der Waals surface area contributed by atoms with Crippen molar-refractivity contribution in [3.63, 3.8) is 0 Å². The van der Waals surface area contributed by atoms with E-state index in [4.69, 9.17) is 13.9 Å². The zero-order valence-electron chi connectivity index (χ0n) is 36.8. The Morgan fingerprint density at radius 2 is 0.899 bits per heavy atom. The number of fused-ring (bicyclic) bond motifs is 10. The minimum atomic E-state index is -0.170. The molecule has 0 spiro atoms. The molecule has 0 bridgehead atoms. The zero-order valence-corrected chi connectivity index (χ0v) is 37.7. The van der Waals surface area contributed by atoms with Crippen LogP contribution in [0, 0.1) is 0 Å². The third-order valence-corrected chi connectivity index (χ3v) is 15.8. The summed E-state index contributed by atoms with van der Waals surface area (Å²) in [4.78, 5) is 9.57. The molecule has 0 N–H and O–H groups in total. The Morgan fingerprint density at radius 3 is 1.49 bits per heavy atom. The number of para-hydroxylation sites is 6. The highest BCUT2D eigenvalue weighted by atomic mass is 32.2. The summed E-state index contributed by atoms with van der Waals surface area (Å²) >= 11 is 1.85. The molecule has 6 heterocycles. The lowest BCUT2D eigenvalue weighted by Crippen LogP contribution is -2.67. The van der Waals surface area contributed by atoms with Crippen molar-refractivity contribution in [1.29, 1.82) is 0 Å². The number of hydrogen-bond acceptors (Lipinski definition) is 7. The van der Waals surface area contributed by atoms with Gasteiger partial charge in [0.2, 0.25) is 0 Å². The molecule has 0 atom stereocenters. The van der Waals surface area contributed by atoms with Gasteiger partial charge >= 0.3 is 0 Å². The van der Waals surface area contributed by atoms with Crippen molar-refractivity contribution >= 4 is 131 Å². The Morgan fingerprint density at radius 1 is 0.362 bits per heavy atom. The summed E-state index contributed by atoms with van der Waals surface area (Å²) in [5, 5.41) is 2.26. The first kappa shape index (κ1) is 37.6. The SMILES string of the molecule is c1ccc(N(c2ccccc2)c2ccc3c(c2)Oc2cc4c5c6c2B3c2cccc3c2N6c2c(cc6oc7ccccc7c6c2B5c2ccc(N(c5ccccc5)c5ccccc5)cc2O4)S3)cc1. The highest BCUT2D eigenvalue weighted by Gasteiger charge is 2.53. The van der Waals surface area contributed by atoms with E-state index in [0.29, 0.717) is 0 Å². The lowest BCUT2D eigenvalue weighted by atomic mass is 9.29. The van der Waals surface area contributed by atoms with Gasteiger partial charge in [-0.25, -0.2) is 0 Å². The Labute approximate surface area is 402 Å². The molecule has 10 aromatic carbocycles. The molecule has 69 heavy (non-hydrogen) atoms. The molecule has 0 saturated heterocycles. The first-order chi connectivity index (χ1) is 34.2. The monoisotopic (exact) mass is 899 g/mol. The molecule has 0 fully saturated rings. The van der Waals surface area contributed by atoms with Crippen molar-refractivity contribution in [3.8, 4) is 23.0 Å². The van der Waals surface area contributed by atoms with E-state index in [1.807, 2.05) is 11.8 Å². The van der Waals surface area contributed by atoms with Crippen LogP contribution < -0.4 is 57.0 Å². The maximum atomic E-state index is 7.38. The van der Waals surface area contributed by atoms with Gasteiger partial charge in [0.05, 0.1) is 11.4 Å². The van der Waals surface area contributed by atoms with Crippen molar-refractivity contribution in [1.82, 2.24) is 0 Å². The molecule has 5 aliphatic heterocycles. The van der Waals surface area contributed by atoms with Crippen LogP contribution in [0.1, 0.15) is 0 Å². The standard InChI is InChI=1S/C60H35B2N3O3S/c1-5-16-36(17-6-1)63(37-18-7-2-8-19-37)40-28-30-43-47(32-40)67-50-34-51-56-60-55(50)61(43)45-25-15-27-52-58(45)65(60)59-53(69-52)35-49-54(42-24-13-14-26-46(42)66-49)57(59)62(56)44-31-29-41(33-48(44)68-51)64(38-20-9-3-10-21-38)39-22-11-4-12-23-39/h1-35H. The zero-order chi connectivity index (χ0) is 44.9. The fraction of sp³-hybridized carbons (Fsp3) is 0. The Balaban J connectivity index is 0.960. The van der Waals surface area contributed by atoms with E-state index in [1.165, 1.54) is 37.6 Å². The van der Waals surface area contributed by atoms with Gasteiger partial charge < -0.3 is 28.6 Å². The number of hydrogen-bond donors (Lipinski definition) is 0. The van der Waals surface area contributed by atoms with E-state index in [9.17, 15) is 0 Å². The molecule has 0 radical (unpaired) electrons. The number of ether oxygens (including phenoxy) is 2. The van der Waals surface area contributed by atoms with Crippen LogP contribution in [0.2, 0.25) is 0 Å². The second-order valence-corrected chi connectivity index (χ2v) is 19.4. The normalized spacial score (nSPS) is 13.6. The highest BCUT2D eigenvalue weighted by Crippen LogP contribution is 2.56. The maximum absolute atomic E-state index is 7.38. The van der Waals surface area contributed by atoms with Crippen LogP contribution in [-0.4, -0.2) is 13.4 Å². The van der Waals surface area contributed by atoms with Gasteiger partial charge in [0.25, 0.3) is 13.4 Å². The van der Waals surface area contributed by atoms with E-state index in [-0.39, 0.29) is 13.4 Å². The first-order valence-corrected chi connectivity index (χ1v) is 24.3. The molecule has 11 aromatic rings.